The Bertz CT molecular complexity index is 1290. The largest absolute Gasteiger partial charge is 0.503 e. The zero-order chi connectivity index (χ0) is 24.1. The highest BCUT2D eigenvalue weighted by atomic mass is 35.5. The topological polar surface area (TPSA) is 99.5 Å². The quantitative estimate of drug-likeness (QED) is 0.243. The summed E-state index contributed by atoms with van der Waals surface area (Å²) in [7, 11) is 0. The van der Waals surface area contributed by atoms with Gasteiger partial charge in [0.05, 0.1) is 10.2 Å². The van der Waals surface area contributed by atoms with E-state index in [1.54, 1.807) is 11.3 Å². The summed E-state index contributed by atoms with van der Waals surface area (Å²) in [5, 5.41) is 18.9. The molecule has 3 N–H and O–H groups in total. The van der Waals surface area contributed by atoms with E-state index in [2.05, 4.69) is 22.4 Å². The molecule has 1 aromatic heterocycles. The van der Waals surface area contributed by atoms with Crippen molar-refractivity contribution < 1.29 is 19.8 Å². The summed E-state index contributed by atoms with van der Waals surface area (Å²) in [5.74, 6) is 0.524. The molecule has 6 nitrogen and oxygen atoms in total. The number of carbonyl (C=O) groups is 2. The SMILES string of the molecule is O=C(O)O.O=C(c1ccc(-c2ccc(Nc3nc4ccc(Cl)cc4s3)cc2)cc1)C1CCCC1. The number of rotatable bonds is 5. The minimum atomic E-state index is -1.83. The van der Waals surface area contributed by atoms with Gasteiger partial charge in [0.2, 0.25) is 0 Å². The molecule has 4 aromatic rings. The minimum absolute atomic E-state index is 0.222. The number of anilines is 2. The van der Waals surface area contributed by atoms with Crippen molar-refractivity contribution in [2.24, 2.45) is 5.92 Å². The number of Topliss-reactive ketones (excluding diaryl/α,β-unsaturated/α-hetero) is 1. The zero-order valence-corrected chi connectivity index (χ0v) is 19.8. The van der Waals surface area contributed by atoms with Gasteiger partial charge in [0.1, 0.15) is 0 Å². The van der Waals surface area contributed by atoms with Crippen LogP contribution < -0.4 is 5.32 Å². The highest BCUT2D eigenvalue weighted by Crippen LogP contribution is 2.32. The molecule has 0 bridgehead atoms. The van der Waals surface area contributed by atoms with E-state index in [1.165, 1.54) is 12.8 Å². The van der Waals surface area contributed by atoms with Crippen LogP contribution in [0.2, 0.25) is 5.02 Å². The predicted molar refractivity (Wildman–Crippen MR) is 137 cm³/mol. The van der Waals surface area contributed by atoms with E-state index < -0.39 is 6.16 Å². The van der Waals surface area contributed by atoms with Crippen molar-refractivity contribution in [2.75, 3.05) is 5.32 Å². The van der Waals surface area contributed by atoms with Crippen LogP contribution in [0.1, 0.15) is 36.0 Å². The molecule has 8 heteroatoms. The van der Waals surface area contributed by atoms with Crippen LogP contribution >= 0.6 is 22.9 Å². The number of ketones is 1. The van der Waals surface area contributed by atoms with Crippen molar-refractivity contribution in [3.05, 3.63) is 77.3 Å². The predicted octanol–water partition coefficient (Wildman–Crippen LogP) is 7.96. The summed E-state index contributed by atoms with van der Waals surface area (Å²) < 4.78 is 1.06. The first-order valence-corrected chi connectivity index (χ1v) is 12.1. The first-order valence-electron chi connectivity index (χ1n) is 10.9. The van der Waals surface area contributed by atoms with Crippen molar-refractivity contribution in [2.45, 2.75) is 25.7 Å². The number of benzene rings is 3. The fourth-order valence-electron chi connectivity index (χ4n) is 4.07. The standard InChI is InChI=1S/C25H21ClN2OS.CH2O3/c26-20-11-14-22-23(15-20)30-25(28-22)27-21-12-9-17(10-13-21)16-5-7-19(8-6-16)24(29)18-3-1-2-4-18;2-1(3)4/h5-15,18H,1-4H2,(H,27,28);(H2,2,3,4). The van der Waals surface area contributed by atoms with Gasteiger partial charge in [-0.3, -0.25) is 4.79 Å². The maximum absolute atomic E-state index is 12.6. The van der Waals surface area contributed by atoms with Gasteiger partial charge in [-0.05, 0) is 54.3 Å². The molecule has 1 aliphatic carbocycles. The van der Waals surface area contributed by atoms with Crippen LogP contribution in [-0.2, 0) is 0 Å². The van der Waals surface area contributed by atoms with Gasteiger partial charge in [-0.15, -0.1) is 0 Å². The minimum Gasteiger partial charge on any atom is -0.450 e. The van der Waals surface area contributed by atoms with Gasteiger partial charge in [-0.25, -0.2) is 9.78 Å². The van der Waals surface area contributed by atoms with Crippen molar-refractivity contribution in [3.63, 3.8) is 0 Å². The van der Waals surface area contributed by atoms with E-state index in [0.717, 1.165) is 55.6 Å². The molecule has 174 valence electrons. The fraction of sp³-hybridized carbons (Fsp3) is 0.192. The average molecular weight is 495 g/mol. The summed E-state index contributed by atoms with van der Waals surface area (Å²) in [6, 6.07) is 22.0. The zero-order valence-electron chi connectivity index (χ0n) is 18.2. The first kappa shape index (κ1) is 23.7. The normalized spacial score (nSPS) is 13.3. The van der Waals surface area contributed by atoms with Crippen LogP contribution in [0.25, 0.3) is 21.3 Å². The van der Waals surface area contributed by atoms with E-state index >= 15 is 0 Å². The molecule has 0 saturated heterocycles. The summed E-state index contributed by atoms with van der Waals surface area (Å²) in [4.78, 5) is 25.7. The van der Waals surface area contributed by atoms with E-state index in [-0.39, 0.29) is 5.92 Å². The third-order valence-electron chi connectivity index (χ3n) is 5.72. The van der Waals surface area contributed by atoms with Gasteiger partial charge in [-0.1, -0.05) is 72.2 Å². The molecule has 0 amide bonds. The lowest BCUT2D eigenvalue weighted by atomic mass is 9.94. The van der Waals surface area contributed by atoms with Gasteiger partial charge >= 0.3 is 6.16 Å². The van der Waals surface area contributed by atoms with Crippen LogP contribution in [0.5, 0.6) is 0 Å². The van der Waals surface area contributed by atoms with Crippen molar-refractivity contribution in [1.29, 1.82) is 0 Å². The first-order chi connectivity index (χ1) is 16.4. The highest BCUT2D eigenvalue weighted by molar-refractivity contribution is 7.22. The van der Waals surface area contributed by atoms with Gasteiger partial charge in [-0.2, -0.15) is 0 Å². The molecule has 1 aliphatic rings. The molecule has 0 unspecified atom stereocenters. The molecule has 1 heterocycles. The number of halogens is 1. The van der Waals surface area contributed by atoms with Gasteiger partial charge in [0.15, 0.2) is 10.9 Å². The Labute approximate surface area is 205 Å². The Balaban J connectivity index is 0.000000636. The molecule has 0 aliphatic heterocycles. The van der Waals surface area contributed by atoms with Gasteiger partial charge < -0.3 is 15.5 Å². The average Bonchev–Trinajstić information content (AvgIpc) is 3.48. The molecule has 5 rings (SSSR count). The maximum atomic E-state index is 12.6. The smallest absolute Gasteiger partial charge is 0.450 e. The Kier molecular flexibility index (Phi) is 7.45. The summed E-state index contributed by atoms with van der Waals surface area (Å²) >= 11 is 7.65. The number of fused-ring (bicyclic) bond motifs is 1. The van der Waals surface area contributed by atoms with Crippen LogP contribution in [0, 0.1) is 5.92 Å². The molecule has 0 atom stereocenters. The third kappa shape index (κ3) is 5.92. The van der Waals surface area contributed by atoms with Gasteiger partial charge in [0.25, 0.3) is 0 Å². The Morgan fingerprint density at radius 3 is 2.12 bits per heavy atom. The lowest BCUT2D eigenvalue weighted by molar-refractivity contribution is 0.0922. The fourth-order valence-corrected chi connectivity index (χ4v) is 5.23. The van der Waals surface area contributed by atoms with E-state index in [1.807, 2.05) is 54.6 Å². The number of carbonyl (C=O) groups excluding carboxylic acids is 1. The second-order valence-corrected chi connectivity index (χ2v) is 9.51. The molecular formula is C26H23ClN2O4S. The van der Waals surface area contributed by atoms with Crippen LogP contribution in [0.4, 0.5) is 15.6 Å². The summed E-state index contributed by atoms with van der Waals surface area (Å²) in [6.45, 7) is 0. The number of thiazole rings is 1. The second kappa shape index (κ2) is 10.7. The summed E-state index contributed by atoms with van der Waals surface area (Å²) in [6.07, 6.45) is 2.60. The van der Waals surface area contributed by atoms with E-state index in [9.17, 15) is 4.79 Å². The number of carboxylic acid groups (broad SMARTS) is 2. The highest BCUT2D eigenvalue weighted by Gasteiger charge is 2.23. The molecule has 1 fully saturated rings. The molecular weight excluding hydrogens is 472 g/mol. The van der Waals surface area contributed by atoms with Crippen LogP contribution in [0.15, 0.2) is 66.7 Å². The van der Waals surface area contributed by atoms with Crippen LogP contribution in [-0.4, -0.2) is 27.1 Å². The van der Waals surface area contributed by atoms with Crippen LogP contribution in [0.3, 0.4) is 0 Å². The number of nitrogens with zero attached hydrogens (tertiary/aromatic N) is 1. The van der Waals surface area contributed by atoms with Crippen molar-refractivity contribution in [1.82, 2.24) is 4.98 Å². The third-order valence-corrected chi connectivity index (χ3v) is 6.88. The molecule has 34 heavy (non-hydrogen) atoms. The lowest BCUT2D eigenvalue weighted by Crippen LogP contribution is -2.10. The van der Waals surface area contributed by atoms with Crippen molar-refractivity contribution >= 4 is 55.9 Å². The number of hydrogen-bond donors (Lipinski definition) is 3. The maximum Gasteiger partial charge on any atom is 0.503 e. The number of hydrogen-bond acceptors (Lipinski definition) is 5. The second-order valence-electron chi connectivity index (χ2n) is 8.04. The van der Waals surface area contributed by atoms with Crippen molar-refractivity contribution in [3.8, 4) is 11.1 Å². The van der Waals surface area contributed by atoms with E-state index in [4.69, 9.17) is 26.6 Å². The van der Waals surface area contributed by atoms with E-state index in [0.29, 0.717) is 5.78 Å². The lowest BCUT2D eigenvalue weighted by Gasteiger charge is -2.09. The Hall–Kier alpha value is -3.42. The Morgan fingerprint density at radius 2 is 1.50 bits per heavy atom. The molecule has 0 spiro atoms. The number of nitrogens with one attached hydrogen (secondary N) is 1. The molecule has 0 radical (unpaired) electrons. The van der Waals surface area contributed by atoms with Gasteiger partial charge in [0, 0.05) is 22.2 Å². The monoisotopic (exact) mass is 494 g/mol. The number of aromatic nitrogens is 1. The summed E-state index contributed by atoms with van der Waals surface area (Å²) in [5.41, 5.74) is 4.99. The molecule has 3 aromatic carbocycles. The Morgan fingerprint density at radius 1 is 0.912 bits per heavy atom. The molecule has 1 saturated carbocycles.